The maximum Gasteiger partial charge on any atom is 0.295 e. The molecule has 1 amide bonds. The highest BCUT2D eigenvalue weighted by Gasteiger charge is 2.40. The summed E-state index contributed by atoms with van der Waals surface area (Å²) in [5.74, 6) is -0.120. The van der Waals surface area contributed by atoms with Gasteiger partial charge in [-0.15, -0.1) is 0 Å². The highest BCUT2D eigenvalue weighted by molar-refractivity contribution is 6.34. The van der Waals surface area contributed by atoms with E-state index in [2.05, 4.69) is 15.3 Å². The van der Waals surface area contributed by atoms with E-state index >= 15 is 0 Å². The third-order valence-corrected chi connectivity index (χ3v) is 6.67. The zero-order chi connectivity index (χ0) is 25.4. The molecule has 0 saturated carbocycles. The number of halogens is 1. The Bertz CT molecular complexity index is 1390. The van der Waals surface area contributed by atoms with Gasteiger partial charge >= 0.3 is 0 Å². The molecule has 2 heterocycles. The number of ether oxygens (including phenoxy) is 2. The Morgan fingerprint density at radius 3 is 2.39 bits per heavy atom. The van der Waals surface area contributed by atoms with E-state index in [0.29, 0.717) is 21.6 Å². The molecule has 0 aliphatic carbocycles. The molecule has 4 unspecified atom stereocenters. The van der Waals surface area contributed by atoms with Gasteiger partial charge in [0.1, 0.15) is 12.2 Å². The minimum Gasteiger partial charge on any atom is -0.456 e. The number of carbonyl (C=O) groups is 1. The summed E-state index contributed by atoms with van der Waals surface area (Å²) in [7, 11) is 1.61. The minimum absolute atomic E-state index is 0.120. The predicted molar refractivity (Wildman–Crippen MR) is 137 cm³/mol. The number of rotatable bonds is 6. The Hall–Kier alpha value is -3.43. The smallest absolute Gasteiger partial charge is 0.295 e. The fourth-order valence-electron chi connectivity index (χ4n) is 4.37. The van der Waals surface area contributed by atoms with Crippen molar-refractivity contribution in [3.63, 3.8) is 0 Å². The number of carbonyl (C=O) groups excluding carboxylic acids is 1. The third kappa shape index (κ3) is 4.68. The van der Waals surface area contributed by atoms with E-state index in [1.807, 2.05) is 42.5 Å². The lowest BCUT2D eigenvalue weighted by atomic mass is 9.99. The molecule has 4 atom stereocenters. The molecular formula is C27H26ClN3O5. The molecule has 0 spiro atoms. The number of aliphatic hydroxyl groups is 2. The highest BCUT2D eigenvalue weighted by atomic mass is 35.5. The standard InChI is InChI=1S/C27H26ClN3O5/c1-14(32)25-24(33)23(13-35-25)36-27-30-21-11-19(20(28)12-22(21)31-27)17-7-3-15(4-8-17)16-5-9-18(10-6-16)26(34)29-2/h3-12,14,23-25,32-33H,13H2,1-2H3,(H,29,34)(H,30,31). The van der Waals surface area contributed by atoms with Crippen molar-refractivity contribution in [2.24, 2.45) is 0 Å². The van der Waals surface area contributed by atoms with Gasteiger partial charge in [0.2, 0.25) is 0 Å². The number of fused-ring (bicyclic) bond motifs is 1. The summed E-state index contributed by atoms with van der Waals surface area (Å²) in [5, 5.41) is 23.2. The monoisotopic (exact) mass is 507 g/mol. The summed E-state index contributed by atoms with van der Waals surface area (Å²) >= 11 is 6.60. The fraction of sp³-hybridized carbons (Fsp3) is 0.259. The van der Waals surface area contributed by atoms with Crippen molar-refractivity contribution in [1.29, 1.82) is 0 Å². The van der Waals surface area contributed by atoms with E-state index in [4.69, 9.17) is 21.1 Å². The third-order valence-electron chi connectivity index (χ3n) is 6.36. The molecule has 1 aromatic heterocycles. The first-order valence-electron chi connectivity index (χ1n) is 11.6. The van der Waals surface area contributed by atoms with Crippen LogP contribution in [0.1, 0.15) is 17.3 Å². The van der Waals surface area contributed by atoms with Crippen molar-refractivity contribution in [1.82, 2.24) is 15.3 Å². The molecule has 186 valence electrons. The van der Waals surface area contributed by atoms with Gasteiger partial charge in [0.15, 0.2) is 6.10 Å². The lowest BCUT2D eigenvalue weighted by Crippen LogP contribution is -2.39. The second kappa shape index (κ2) is 9.91. The number of H-pyrrole nitrogens is 1. The molecule has 5 rings (SSSR count). The van der Waals surface area contributed by atoms with Crippen LogP contribution in [0.15, 0.2) is 60.7 Å². The van der Waals surface area contributed by atoms with Crippen LogP contribution in [0.3, 0.4) is 0 Å². The van der Waals surface area contributed by atoms with E-state index in [-0.39, 0.29) is 18.5 Å². The van der Waals surface area contributed by atoms with Crippen LogP contribution in [0.25, 0.3) is 33.3 Å². The average Bonchev–Trinajstić information content (AvgIpc) is 3.45. The number of aliphatic hydroxyl groups excluding tert-OH is 2. The minimum atomic E-state index is -0.962. The topological polar surface area (TPSA) is 117 Å². The van der Waals surface area contributed by atoms with Gasteiger partial charge in [-0.2, -0.15) is 4.98 Å². The van der Waals surface area contributed by atoms with Crippen LogP contribution in [0, 0.1) is 0 Å². The van der Waals surface area contributed by atoms with Crippen molar-refractivity contribution in [2.75, 3.05) is 13.7 Å². The molecular weight excluding hydrogens is 482 g/mol. The first kappa shape index (κ1) is 24.3. The summed E-state index contributed by atoms with van der Waals surface area (Å²) in [5.41, 5.74) is 5.74. The predicted octanol–water partition coefficient (Wildman–Crippen LogP) is 3.80. The van der Waals surface area contributed by atoms with Gasteiger partial charge in [-0.1, -0.05) is 48.0 Å². The number of hydrogen-bond donors (Lipinski definition) is 4. The number of imidazole rings is 1. The maximum atomic E-state index is 11.8. The van der Waals surface area contributed by atoms with E-state index in [1.165, 1.54) is 0 Å². The maximum absolute atomic E-state index is 11.8. The van der Waals surface area contributed by atoms with Crippen LogP contribution in [-0.2, 0) is 4.74 Å². The number of benzene rings is 3. The first-order valence-corrected chi connectivity index (χ1v) is 12.0. The summed E-state index contributed by atoms with van der Waals surface area (Å²) in [4.78, 5) is 19.3. The summed E-state index contributed by atoms with van der Waals surface area (Å²) < 4.78 is 11.3. The number of amides is 1. The van der Waals surface area contributed by atoms with E-state index in [1.54, 1.807) is 32.2 Å². The fourth-order valence-corrected chi connectivity index (χ4v) is 4.64. The quantitative estimate of drug-likeness (QED) is 0.315. The van der Waals surface area contributed by atoms with E-state index < -0.39 is 24.4 Å². The molecule has 9 heteroatoms. The van der Waals surface area contributed by atoms with Crippen LogP contribution in [0.5, 0.6) is 6.01 Å². The Kier molecular flexibility index (Phi) is 6.68. The molecule has 4 aromatic rings. The van der Waals surface area contributed by atoms with Crippen LogP contribution in [0.4, 0.5) is 0 Å². The number of nitrogens with zero attached hydrogens (tertiary/aromatic N) is 1. The van der Waals surface area contributed by atoms with Gasteiger partial charge in [-0.3, -0.25) is 4.79 Å². The van der Waals surface area contributed by atoms with Gasteiger partial charge in [0.05, 0.1) is 28.8 Å². The lowest BCUT2D eigenvalue weighted by molar-refractivity contribution is -0.0419. The van der Waals surface area contributed by atoms with E-state index in [9.17, 15) is 15.0 Å². The van der Waals surface area contributed by atoms with Crippen LogP contribution in [0.2, 0.25) is 5.02 Å². The zero-order valence-electron chi connectivity index (χ0n) is 19.7. The summed E-state index contributed by atoms with van der Waals surface area (Å²) in [6, 6.07) is 19.3. The second-order valence-corrected chi connectivity index (χ2v) is 9.22. The van der Waals surface area contributed by atoms with Crippen LogP contribution >= 0.6 is 11.6 Å². The van der Waals surface area contributed by atoms with Crippen LogP contribution < -0.4 is 10.1 Å². The zero-order valence-corrected chi connectivity index (χ0v) is 20.5. The van der Waals surface area contributed by atoms with Crippen molar-refractivity contribution in [2.45, 2.75) is 31.3 Å². The van der Waals surface area contributed by atoms with E-state index in [0.717, 1.165) is 22.3 Å². The lowest BCUT2D eigenvalue weighted by Gasteiger charge is -2.19. The number of nitrogens with one attached hydrogen (secondary N) is 2. The second-order valence-electron chi connectivity index (χ2n) is 8.81. The molecule has 4 N–H and O–H groups in total. The molecule has 1 aliphatic heterocycles. The Labute approximate surface area is 212 Å². The van der Waals surface area contributed by atoms with Gasteiger partial charge in [-0.25, -0.2) is 0 Å². The summed E-state index contributed by atoms with van der Waals surface area (Å²) in [6.07, 6.45) is -3.11. The van der Waals surface area contributed by atoms with Gasteiger partial charge in [0.25, 0.3) is 11.9 Å². The Morgan fingerprint density at radius 2 is 1.78 bits per heavy atom. The normalized spacial score (nSPS) is 20.4. The molecule has 0 radical (unpaired) electrons. The largest absolute Gasteiger partial charge is 0.456 e. The van der Waals surface area contributed by atoms with Crippen molar-refractivity contribution < 1.29 is 24.5 Å². The Morgan fingerprint density at radius 1 is 1.14 bits per heavy atom. The van der Waals surface area contributed by atoms with Crippen LogP contribution in [-0.4, -0.2) is 64.2 Å². The molecule has 0 bridgehead atoms. The average molecular weight is 508 g/mol. The SMILES string of the molecule is CNC(=O)c1ccc(-c2ccc(-c3cc4nc(OC5COC(C(C)O)C5O)[nH]c4cc3Cl)cc2)cc1. The summed E-state index contributed by atoms with van der Waals surface area (Å²) in [6.45, 7) is 1.72. The molecule has 1 fully saturated rings. The van der Waals surface area contributed by atoms with Gasteiger partial charge in [-0.05, 0) is 47.9 Å². The van der Waals surface area contributed by atoms with Gasteiger partial charge in [0, 0.05) is 18.2 Å². The molecule has 8 nitrogen and oxygen atoms in total. The van der Waals surface area contributed by atoms with Crippen molar-refractivity contribution in [3.05, 3.63) is 71.2 Å². The first-order chi connectivity index (χ1) is 17.3. The number of aromatic amines is 1. The molecule has 36 heavy (non-hydrogen) atoms. The van der Waals surface area contributed by atoms with Crippen molar-refractivity contribution >= 4 is 28.5 Å². The number of hydrogen-bond acceptors (Lipinski definition) is 6. The molecule has 1 saturated heterocycles. The number of aromatic nitrogens is 2. The molecule has 1 aliphatic rings. The molecule has 3 aromatic carbocycles. The van der Waals surface area contributed by atoms with Gasteiger partial charge < -0.3 is 30.0 Å². The Balaban J connectivity index is 1.36. The highest BCUT2D eigenvalue weighted by Crippen LogP contribution is 2.34. The van der Waals surface area contributed by atoms with Crippen molar-refractivity contribution in [3.8, 4) is 28.3 Å².